The summed E-state index contributed by atoms with van der Waals surface area (Å²) in [6.45, 7) is 17.9. The Morgan fingerprint density at radius 2 is 1.17 bits per heavy atom. The van der Waals surface area contributed by atoms with Crippen molar-refractivity contribution in [1.29, 1.82) is 0 Å². The predicted molar refractivity (Wildman–Crippen MR) is 200 cm³/mol. The van der Waals surface area contributed by atoms with E-state index in [1.54, 1.807) is 0 Å². The Labute approximate surface area is 315 Å². The van der Waals surface area contributed by atoms with Crippen LogP contribution in [0.5, 0.6) is 0 Å². The first-order chi connectivity index (χ1) is 21.8. The van der Waals surface area contributed by atoms with Gasteiger partial charge in [-0.25, -0.2) is 5.57 Å². The van der Waals surface area contributed by atoms with Gasteiger partial charge in [0, 0.05) is 0 Å². The molecular formula is C45H46Cl2Zr-2. The van der Waals surface area contributed by atoms with Crippen molar-refractivity contribution in [2.24, 2.45) is 5.92 Å². The summed E-state index contributed by atoms with van der Waals surface area (Å²) < 4.78 is 2.23. The van der Waals surface area contributed by atoms with Crippen LogP contribution in [0.15, 0.2) is 127 Å². The third-order valence-corrected chi connectivity index (χ3v) is 9.53. The minimum atomic E-state index is 0. The molecule has 7 rings (SSSR count). The maximum atomic E-state index is 3.39. The van der Waals surface area contributed by atoms with Crippen LogP contribution < -0.4 is 24.8 Å². The average Bonchev–Trinajstić information content (AvgIpc) is 3.58. The van der Waals surface area contributed by atoms with E-state index in [0.29, 0.717) is 5.92 Å². The standard InChI is InChI=1S/C21H25.C13H13.C11H8.2ClH.Zr/c1-20(2,3)16-7-9-18-14(12-16)11-15-13-17(21(4,5)6)8-10-19(15)18;1-10-8-11(2)13(9-10)12-6-4-3-5-7-12;1-9-5-4-7-10-6-2-3-8-11(9)10;;;/h7-13H,1-6H3;3-7,9-10H,1-2H3;1-8H;2*1H;/q2*-1;;;;+2/p-2. The number of halogens is 2. The van der Waals surface area contributed by atoms with Gasteiger partial charge in [0.15, 0.2) is 0 Å². The first-order valence-electron chi connectivity index (χ1n) is 16.4. The molecule has 0 fully saturated rings. The van der Waals surface area contributed by atoms with Crippen molar-refractivity contribution in [2.75, 3.05) is 0 Å². The molecule has 1 atom stereocenters. The van der Waals surface area contributed by atoms with Crippen molar-refractivity contribution >= 4 is 41.6 Å². The molecule has 0 saturated heterocycles. The summed E-state index contributed by atoms with van der Waals surface area (Å²) in [4.78, 5) is 0. The summed E-state index contributed by atoms with van der Waals surface area (Å²) in [6, 6.07) is 41.6. The second kappa shape index (κ2) is 16.6. The summed E-state index contributed by atoms with van der Waals surface area (Å²) in [5.74, 6) is 0.468. The molecule has 0 nitrogen and oxygen atoms in total. The molecule has 0 heterocycles. The fraction of sp³-hybridized carbons (Fsp3) is 0.244. The number of rotatable bonds is 2. The molecule has 0 spiro atoms. The first kappa shape index (κ1) is 39.5. The monoisotopic (exact) mass is 746 g/mol. The Hall–Kier alpha value is -2.96. The second-order valence-electron chi connectivity index (χ2n) is 14.5. The third-order valence-electron chi connectivity index (χ3n) is 8.76. The van der Waals surface area contributed by atoms with E-state index >= 15 is 0 Å². The molecule has 0 aromatic heterocycles. The van der Waals surface area contributed by atoms with Crippen molar-refractivity contribution in [1.82, 2.24) is 0 Å². The van der Waals surface area contributed by atoms with Crippen molar-refractivity contribution in [3.05, 3.63) is 155 Å². The number of allylic oxidation sites excluding steroid dienone is 4. The van der Waals surface area contributed by atoms with Gasteiger partial charge in [0.2, 0.25) is 0 Å². The Balaban J connectivity index is 0.000000202. The predicted octanol–water partition coefficient (Wildman–Crippen LogP) is 6.32. The Kier molecular flexibility index (Phi) is 13.7. The zero-order valence-corrected chi connectivity index (χ0v) is 33.4. The minimum absolute atomic E-state index is 0. The normalized spacial score (nSPS) is 14.1. The number of fused-ring (bicyclic) bond motifs is 4. The Morgan fingerprint density at radius 1 is 0.646 bits per heavy atom. The van der Waals surface area contributed by atoms with E-state index in [2.05, 4.69) is 180 Å². The van der Waals surface area contributed by atoms with E-state index in [4.69, 9.17) is 0 Å². The van der Waals surface area contributed by atoms with Crippen LogP contribution >= 0.6 is 0 Å². The Morgan fingerprint density at radius 3 is 1.67 bits per heavy atom. The van der Waals surface area contributed by atoms with E-state index in [0.717, 1.165) is 0 Å². The van der Waals surface area contributed by atoms with Crippen molar-refractivity contribution in [2.45, 2.75) is 66.2 Å². The number of hydrogen-bond donors (Lipinski definition) is 0. The van der Waals surface area contributed by atoms with E-state index in [1.807, 2.05) is 6.07 Å². The quantitative estimate of drug-likeness (QED) is 0.182. The topological polar surface area (TPSA) is 0 Å². The fourth-order valence-corrected chi connectivity index (χ4v) is 6.72. The van der Waals surface area contributed by atoms with E-state index in [1.165, 1.54) is 90.0 Å². The summed E-state index contributed by atoms with van der Waals surface area (Å²) >= 11 is 1.46. The summed E-state index contributed by atoms with van der Waals surface area (Å²) in [5.41, 5.74) is 8.49. The zero-order chi connectivity index (χ0) is 33.1. The molecule has 0 saturated carbocycles. The van der Waals surface area contributed by atoms with Crippen molar-refractivity contribution in [3.8, 4) is 0 Å². The van der Waals surface area contributed by atoms with Crippen molar-refractivity contribution in [3.63, 3.8) is 0 Å². The molecule has 6 aromatic carbocycles. The van der Waals surface area contributed by atoms with Gasteiger partial charge in [0.1, 0.15) is 0 Å². The third kappa shape index (κ3) is 9.38. The molecule has 1 aliphatic rings. The van der Waals surface area contributed by atoms with E-state index < -0.39 is 0 Å². The summed E-state index contributed by atoms with van der Waals surface area (Å²) in [5, 5.41) is 8.16. The van der Waals surface area contributed by atoms with E-state index in [-0.39, 0.29) is 35.6 Å². The molecule has 0 N–H and O–H groups in total. The molecule has 6 aromatic rings. The molecule has 48 heavy (non-hydrogen) atoms. The molecular weight excluding hydrogens is 703 g/mol. The van der Waals surface area contributed by atoms with Crippen LogP contribution in [-0.4, -0.2) is 3.71 Å². The van der Waals surface area contributed by atoms with Gasteiger partial charge >= 0.3 is 86.7 Å². The zero-order valence-electron chi connectivity index (χ0n) is 29.5. The van der Waals surface area contributed by atoms with Gasteiger partial charge in [-0.05, 0) is 10.8 Å². The van der Waals surface area contributed by atoms with Gasteiger partial charge in [-0.3, -0.25) is 6.08 Å². The molecule has 246 valence electrons. The number of benzene rings is 5. The Bertz CT molecular complexity index is 1970. The molecule has 0 aliphatic heterocycles. The van der Waals surface area contributed by atoms with Crippen LogP contribution in [-0.2, 0) is 35.1 Å². The fourth-order valence-electron chi connectivity index (χ4n) is 6.10. The first-order valence-corrected chi connectivity index (χ1v) is 17.8. The molecule has 0 radical (unpaired) electrons. The SMILES string of the molecule is CC(C)(C)c1ccc2c(c1)[cH-]c1cc(C(C)(C)C)ccc12.CC1=[C-]C(C)C=C1c1ccccc1.[Cl-].[Cl-].[Zr+2]=[CH]c1cccc2ccccc12. The maximum absolute atomic E-state index is 3.39. The van der Waals surface area contributed by atoms with Crippen LogP contribution in [0.1, 0.15) is 77.6 Å². The van der Waals surface area contributed by atoms with E-state index in [9.17, 15) is 0 Å². The summed E-state index contributed by atoms with van der Waals surface area (Å²) in [6.07, 6.45) is 5.66. The summed E-state index contributed by atoms with van der Waals surface area (Å²) in [7, 11) is 0. The van der Waals surface area contributed by atoms with Gasteiger partial charge in [0.25, 0.3) is 0 Å². The van der Waals surface area contributed by atoms with Gasteiger partial charge < -0.3 is 24.8 Å². The average molecular weight is 749 g/mol. The van der Waals surface area contributed by atoms with Crippen LogP contribution in [0.4, 0.5) is 0 Å². The van der Waals surface area contributed by atoms with Crippen LogP contribution in [0.25, 0.3) is 37.9 Å². The molecule has 1 aliphatic carbocycles. The molecule has 1 unspecified atom stereocenters. The van der Waals surface area contributed by atoms with Gasteiger partial charge in [-0.15, -0.1) is 45.3 Å². The molecule has 3 heteroatoms. The number of hydrogen-bond acceptors (Lipinski definition) is 0. The second-order valence-corrected chi connectivity index (χ2v) is 15.2. The van der Waals surface area contributed by atoms with Crippen LogP contribution in [0.2, 0.25) is 0 Å². The van der Waals surface area contributed by atoms with Gasteiger partial charge in [0.05, 0.1) is 0 Å². The van der Waals surface area contributed by atoms with Crippen LogP contribution in [0, 0.1) is 12.0 Å². The molecule has 0 amide bonds. The molecule has 0 bridgehead atoms. The van der Waals surface area contributed by atoms with Crippen molar-refractivity contribution < 1.29 is 49.0 Å². The van der Waals surface area contributed by atoms with Gasteiger partial charge in [-0.1, -0.05) is 127 Å². The van der Waals surface area contributed by atoms with Gasteiger partial charge in [-0.2, -0.15) is 11.6 Å². The van der Waals surface area contributed by atoms with Crippen LogP contribution in [0.3, 0.4) is 0 Å².